The first-order chi connectivity index (χ1) is 7.45. The summed E-state index contributed by atoms with van der Waals surface area (Å²) in [6, 6.07) is 2.09. The van der Waals surface area contributed by atoms with E-state index >= 15 is 0 Å². The number of hydrogen-bond donors (Lipinski definition) is 0. The lowest BCUT2D eigenvalue weighted by molar-refractivity contribution is 0.477. The van der Waals surface area contributed by atoms with Gasteiger partial charge in [-0.3, -0.25) is 0 Å². The number of aromatic nitrogens is 2. The Morgan fingerprint density at radius 3 is 2.31 bits per heavy atom. The predicted molar refractivity (Wildman–Crippen MR) is 69.0 cm³/mol. The van der Waals surface area contributed by atoms with Crippen LogP contribution < -0.4 is 0 Å². The lowest BCUT2D eigenvalue weighted by Gasteiger charge is -2.23. The summed E-state index contributed by atoms with van der Waals surface area (Å²) in [5.41, 5.74) is 2.19. The van der Waals surface area contributed by atoms with Crippen LogP contribution in [0.2, 0.25) is 0 Å². The zero-order valence-electron chi connectivity index (χ0n) is 10.8. The van der Waals surface area contributed by atoms with Gasteiger partial charge in [-0.2, -0.15) is 0 Å². The maximum Gasteiger partial charge on any atom is 0.125 e. The molecule has 0 saturated heterocycles. The van der Waals surface area contributed by atoms with Crippen molar-refractivity contribution in [1.82, 2.24) is 9.97 Å². The Kier molecular flexibility index (Phi) is 4.72. The van der Waals surface area contributed by atoms with Crippen LogP contribution in [0, 0.1) is 12.8 Å². The molecule has 0 fully saturated rings. The third-order valence-corrected chi connectivity index (χ3v) is 3.10. The lowest BCUT2D eigenvalue weighted by Crippen LogP contribution is -2.18. The first-order valence-corrected chi connectivity index (χ1v) is 6.37. The van der Waals surface area contributed by atoms with Gasteiger partial charge in [0, 0.05) is 22.7 Å². The van der Waals surface area contributed by atoms with Gasteiger partial charge in [0.1, 0.15) is 5.82 Å². The van der Waals surface area contributed by atoms with Gasteiger partial charge >= 0.3 is 0 Å². The van der Waals surface area contributed by atoms with E-state index in [1.165, 1.54) is 0 Å². The summed E-state index contributed by atoms with van der Waals surface area (Å²) in [4.78, 5) is 8.93. The SMILES string of the molecule is CCc1cc(C(C(C)C)C(C)Cl)nc(C)n1. The minimum Gasteiger partial charge on any atom is -0.238 e. The average Bonchev–Trinajstić information content (AvgIpc) is 2.15. The number of hydrogen-bond acceptors (Lipinski definition) is 2. The zero-order chi connectivity index (χ0) is 12.3. The quantitative estimate of drug-likeness (QED) is 0.750. The monoisotopic (exact) mass is 240 g/mol. The summed E-state index contributed by atoms with van der Waals surface area (Å²) in [5.74, 6) is 1.64. The Labute approximate surface area is 103 Å². The van der Waals surface area contributed by atoms with Gasteiger partial charge in [-0.1, -0.05) is 20.8 Å². The topological polar surface area (TPSA) is 25.8 Å². The molecule has 0 aliphatic rings. The number of aryl methyl sites for hydroxylation is 2. The Bertz CT molecular complexity index is 340. The van der Waals surface area contributed by atoms with Crippen molar-refractivity contribution in [2.24, 2.45) is 5.92 Å². The molecular formula is C13H21ClN2. The molecule has 0 amide bonds. The van der Waals surface area contributed by atoms with Gasteiger partial charge in [0.15, 0.2) is 0 Å². The van der Waals surface area contributed by atoms with Crippen molar-refractivity contribution >= 4 is 11.6 Å². The molecule has 1 aromatic heterocycles. The van der Waals surface area contributed by atoms with Gasteiger partial charge in [-0.15, -0.1) is 11.6 Å². The molecule has 2 atom stereocenters. The van der Waals surface area contributed by atoms with Gasteiger partial charge < -0.3 is 0 Å². The Morgan fingerprint density at radius 1 is 1.25 bits per heavy atom. The van der Waals surface area contributed by atoms with Gasteiger partial charge in [0.05, 0.1) is 0 Å². The summed E-state index contributed by atoms with van der Waals surface area (Å²) in [6.07, 6.45) is 0.942. The molecule has 0 aliphatic carbocycles. The lowest BCUT2D eigenvalue weighted by atomic mass is 9.89. The highest BCUT2D eigenvalue weighted by Gasteiger charge is 2.23. The third-order valence-electron chi connectivity index (χ3n) is 2.83. The molecule has 16 heavy (non-hydrogen) atoms. The van der Waals surface area contributed by atoms with Crippen molar-refractivity contribution in [2.75, 3.05) is 0 Å². The summed E-state index contributed by atoms with van der Waals surface area (Å²) in [5, 5.41) is 0.0963. The Morgan fingerprint density at radius 2 is 1.88 bits per heavy atom. The smallest absolute Gasteiger partial charge is 0.125 e. The molecule has 2 unspecified atom stereocenters. The van der Waals surface area contributed by atoms with Gasteiger partial charge in [0.2, 0.25) is 0 Å². The predicted octanol–water partition coefficient (Wildman–Crippen LogP) is 3.71. The highest BCUT2D eigenvalue weighted by Crippen LogP contribution is 2.30. The maximum atomic E-state index is 6.26. The molecule has 0 aromatic carbocycles. The van der Waals surface area contributed by atoms with Crippen LogP contribution in [0.5, 0.6) is 0 Å². The maximum absolute atomic E-state index is 6.26. The van der Waals surface area contributed by atoms with Crippen LogP contribution in [-0.4, -0.2) is 15.3 Å². The first kappa shape index (κ1) is 13.4. The molecule has 0 N–H and O–H groups in total. The number of rotatable bonds is 4. The Hall–Kier alpha value is -0.630. The first-order valence-electron chi connectivity index (χ1n) is 5.94. The van der Waals surface area contributed by atoms with E-state index in [0.29, 0.717) is 11.8 Å². The molecule has 0 radical (unpaired) electrons. The molecule has 1 heterocycles. The second-order valence-corrected chi connectivity index (χ2v) is 5.32. The summed E-state index contributed by atoms with van der Waals surface area (Å²) in [6.45, 7) is 10.5. The fourth-order valence-electron chi connectivity index (χ4n) is 2.11. The van der Waals surface area contributed by atoms with Crippen molar-refractivity contribution in [3.8, 4) is 0 Å². The van der Waals surface area contributed by atoms with E-state index in [2.05, 4.69) is 36.8 Å². The summed E-state index contributed by atoms with van der Waals surface area (Å²) < 4.78 is 0. The molecule has 0 saturated carbocycles. The standard InChI is InChI=1S/C13H21ClN2/c1-6-11-7-12(16-10(5)15-11)13(8(2)3)9(4)14/h7-9,13H,6H2,1-5H3. The van der Waals surface area contributed by atoms with Crippen LogP contribution in [-0.2, 0) is 6.42 Å². The molecule has 0 aliphatic heterocycles. The Balaban J connectivity index is 3.13. The van der Waals surface area contributed by atoms with E-state index < -0.39 is 0 Å². The summed E-state index contributed by atoms with van der Waals surface area (Å²) in [7, 11) is 0. The van der Waals surface area contributed by atoms with E-state index in [1.807, 2.05) is 13.8 Å². The normalized spacial score (nSPS) is 15.2. The van der Waals surface area contributed by atoms with Gasteiger partial charge in [0.25, 0.3) is 0 Å². The molecule has 0 spiro atoms. The molecule has 3 heteroatoms. The van der Waals surface area contributed by atoms with Crippen LogP contribution in [0.15, 0.2) is 6.07 Å². The van der Waals surface area contributed by atoms with Gasteiger partial charge in [-0.05, 0) is 32.3 Å². The highest BCUT2D eigenvalue weighted by atomic mass is 35.5. The van der Waals surface area contributed by atoms with Crippen LogP contribution in [0.3, 0.4) is 0 Å². The van der Waals surface area contributed by atoms with Crippen molar-refractivity contribution in [3.05, 3.63) is 23.3 Å². The third kappa shape index (κ3) is 3.18. The highest BCUT2D eigenvalue weighted by molar-refractivity contribution is 6.20. The fraction of sp³-hybridized carbons (Fsp3) is 0.692. The van der Waals surface area contributed by atoms with E-state index in [4.69, 9.17) is 11.6 Å². The van der Waals surface area contributed by atoms with Crippen molar-refractivity contribution < 1.29 is 0 Å². The van der Waals surface area contributed by atoms with Crippen LogP contribution in [0.1, 0.15) is 50.8 Å². The molecular weight excluding hydrogens is 220 g/mol. The van der Waals surface area contributed by atoms with Crippen molar-refractivity contribution in [2.45, 2.75) is 52.3 Å². The molecule has 1 aromatic rings. The second kappa shape index (κ2) is 5.62. The molecule has 0 bridgehead atoms. The van der Waals surface area contributed by atoms with Crippen molar-refractivity contribution in [1.29, 1.82) is 0 Å². The number of halogens is 1. The van der Waals surface area contributed by atoms with Crippen LogP contribution in [0.25, 0.3) is 0 Å². The van der Waals surface area contributed by atoms with E-state index in [9.17, 15) is 0 Å². The number of alkyl halides is 1. The van der Waals surface area contributed by atoms with Crippen LogP contribution >= 0.6 is 11.6 Å². The molecule has 90 valence electrons. The van der Waals surface area contributed by atoms with Crippen LogP contribution in [0.4, 0.5) is 0 Å². The minimum atomic E-state index is 0.0963. The molecule has 2 nitrogen and oxygen atoms in total. The van der Waals surface area contributed by atoms with E-state index in [1.54, 1.807) is 0 Å². The zero-order valence-corrected chi connectivity index (χ0v) is 11.5. The van der Waals surface area contributed by atoms with E-state index in [-0.39, 0.29) is 5.38 Å². The fourth-order valence-corrected chi connectivity index (χ4v) is 2.53. The van der Waals surface area contributed by atoms with Crippen molar-refractivity contribution in [3.63, 3.8) is 0 Å². The minimum absolute atomic E-state index is 0.0963. The largest absolute Gasteiger partial charge is 0.238 e. The number of nitrogens with zero attached hydrogens (tertiary/aromatic N) is 2. The summed E-state index contributed by atoms with van der Waals surface area (Å²) >= 11 is 6.26. The van der Waals surface area contributed by atoms with E-state index in [0.717, 1.165) is 23.6 Å². The second-order valence-electron chi connectivity index (χ2n) is 4.63. The average molecular weight is 241 g/mol. The van der Waals surface area contributed by atoms with Gasteiger partial charge in [-0.25, -0.2) is 9.97 Å². The molecule has 1 rings (SSSR count).